The van der Waals surface area contributed by atoms with Gasteiger partial charge in [-0.05, 0) is 60.1 Å². The molecule has 0 saturated carbocycles. The first-order valence-electron chi connectivity index (χ1n) is 5.11. The second-order valence-electron chi connectivity index (χ2n) is 3.97. The van der Waals surface area contributed by atoms with Gasteiger partial charge in [-0.1, -0.05) is 12.1 Å². The summed E-state index contributed by atoms with van der Waals surface area (Å²) >= 11 is 2.16. The van der Waals surface area contributed by atoms with Crippen molar-refractivity contribution in [2.24, 2.45) is 0 Å². The molecule has 4 heteroatoms. The third-order valence-electron chi connectivity index (χ3n) is 2.77. The van der Waals surface area contributed by atoms with Crippen LogP contribution in [0.25, 0.3) is 0 Å². The minimum atomic E-state index is -0.913. The molecule has 0 aromatic heterocycles. The van der Waals surface area contributed by atoms with E-state index in [2.05, 4.69) is 22.6 Å². The monoisotopic (exact) mass is 334 g/mol. The number of halogens is 1. The molecule has 16 heavy (non-hydrogen) atoms. The minimum absolute atomic E-state index is 0.0206. The fraction of sp³-hybridized carbons (Fsp3) is 0.417. The van der Waals surface area contributed by atoms with E-state index in [1.165, 1.54) is 0 Å². The average Bonchev–Trinajstić information content (AvgIpc) is 2.25. The van der Waals surface area contributed by atoms with Gasteiger partial charge in [0.05, 0.1) is 5.41 Å². The molecular formula is C12H15IO3. The molecule has 1 atom stereocenters. The van der Waals surface area contributed by atoms with E-state index in [-0.39, 0.29) is 6.61 Å². The predicted octanol–water partition coefficient (Wildman–Crippen LogP) is 2.41. The van der Waals surface area contributed by atoms with Gasteiger partial charge in [-0.2, -0.15) is 0 Å². The lowest BCUT2D eigenvalue weighted by atomic mass is 9.79. The molecular weight excluding hydrogens is 319 g/mol. The number of aliphatic hydroxyl groups is 1. The highest BCUT2D eigenvalue weighted by Gasteiger charge is 2.34. The van der Waals surface area contributed by atoms with E-state index in [4.69, 9.17) is 5.11 Å². The molecule has 1 aromatic carbocycles. The Morgan fingerprint density at radius 3 is 2.69 bits per heavy atom. The van der Waals surface area contributed by atoms with E-state index in [1.807, 2.05) is 24.3 Å². The fourth-order valence-corrected chi connectivity index (χ4v) is 2.18. The summed E-state index contributed by atoms with van der Waals surface area (Å²) in [6, 6.07) is 7.50. The van der Waals surface area contributed by atoms with Crippen LogP contribution in [0.2, 0.25) is 0 Å². The van der Waals surface area contributed by atoms with Crippen molar-refractivity contribution in [2.75, 3.05) is 6.61 Å². The lowest BCUT2D eigenvalue weighted by molar-refractivity contribution is -0.143. The quantitative estimate of drug-likeness (QED) is 0.813. The third kappa shape index (κ3) is 2.95. The van der Waals surface area contributed by atoms with Crippen molar-refractivity contribution in [2.45, 2.75) is 25.2 Å². The van der Waals surface area contributed by atoms with Crippen molar-refractivity contribution in [1.82, 2.24) is 0 Å². The summed E-state index contributed by atoms with van der Waals surface area (Å²) in [5.74, 6) is -0.844. The van der Waals surface area contributed by atoms with Crippen LogP contribution in [0.1, 0.15) is 25.3 Å². The van der Waals surface area contributed by atoms with E-state index < -0.39 is 11.4 Å². The van der Waals surface area contributed by atoms with Gasteiger partial charge in [0.15, 0.2) is 0 Å². The normalized spacial score (nSPS) is 14.4. The van der Waals surface area contributed by atoms with Gasteiger partial charge in [-0.3, -0.25) is 4.79 Å². The van der Waals surface area contributed by atoms with Crippen molar-refractivity contribution in [3.05, 3.63) is 33.4 Å². The second-order valence-corrected chi connectivity index (χ2v) is 5.22. The smallest absolute Gasteiger partial charge is 0.313 e. The molecule has 0 saturated heterocycles. The van der Waals surface area contributed by atoms with Crippen LogP contribution in [0.5, 0.6) is 0 Å². The average molecular weight is 334 g/mol. The van der Waals surface area contributed by atoms with Crippen LogP contribution in [0.4, 0.5) is 0 Å². The maximum Gasteiger partial charge on any atom is 0.313 e. The molecule has 1 unspecified atom stereocenters. The lowest BCUT2D eigenvalue weighted by Crippen LogP contribution is -2.32. The summed E-state index contributed by atoms with van der Waals surface area (Å²) in [5.41, 5.74) is -0.121. The van der Waals surface area contributed by atoms with E-state index in [1.54, 1.807) is 6.92 Å². The molecule has 1 aromatic rings. The van der Waals surface area contributed by atoms with Gasteiger partial charge in [0.1, 0.15) is 0 Å². The molecule has 1 rings (SSSR count). The summed E-state index contributed by atoms with van der Waals surface area (Å²) in [4.78, 5) is 11.4. The van der Waals surface area contributed by atoms with Crippen molar-refractivity contribution >= 4 is 28.6 Å². The van der Waals surface area contributed by atoms with Gasteiger partial charge < -0.3 is 10.2 Å². The Morgan fingerprint density at radius 1 is 1.50 bits per heavy atom. The molecule has 0 radical (unpaired) electrons. The van der Waals surface area contributed by atoms with Crippen LogP contribution in [-0.2, 0) is 10.2 Å². The van der Waals surface area contributed by atoms with Crippen LogP contribution in [-0.4, -0.2) is 22.8 Å². The molecule has 3 nitrogen and oxygen atoms in total. The highest BCUT2D eigenvalue weighted by Crippen LogP contribution is 2.30. The maximum atomic E-state index is 11.4. The van der Waals surface area contributed by atoms with Crippen molar-refractivity contribution in [1.29, 1.82) is 0 Å². The minimum Gasteiger partial charge on any atom is -0.481 e. The van der Waals surface area contributed by atoms with E-state index in [0.29, 0.717) is 12.8 Å². The number of benzene rings is 1. The maximum absolute atomic E-state index is 11.4. The van der Waals surface area contributed by atoms with Crippen LogP contribution >= 0.6 is 22.6 Å². The Hall–Kier alpha value is -0.620. The first kappa shape index (κ1) is 13.4. The highest BCUT2D eigenvalue weighted by molar-refractivity contribution is 14.1. The largest absolute Gasteiger partial charge is 0.481 e. The van der Waals surface area contributed by atoms with Crippen molar-refractivity contribution in [3.63, 3.8) is 0 Å². The van der Waals surface area contributed by atoms with Crippen molar-refractivity contribution < 1.29 is 15.0 Å². The lowest BCUT2D eigenvalue weighted by Gasteiger charge is -2.25. The summed E-state index contributed by atoms with van der Waals surface area (Å²) in [6.07, 6.45) is 0.938. The van der Waals surface area contributed by atoms with Crippen LogP contribution in [0.3, 0.4) is 0 Å². The summed E-state index contributed by atoms with van der Waals surface area (Å²) < 4.78 is 1.02. The fourth-order valence-electron chi connectivity index (χ4n) is 1.64. The highest BCUT2D eigenvalue weighted by atomic mass is 127. The zero-order chi connectivity index (χ0) is 12.2. The Kier molecular flexibility index (Phi) is 4.73. The number of carboxylic acid groups (broad SMARTS) is 1. The van der Waals surface area contributed by atoms with Gasteiger partial charge in [-0.25, -0.2) is 0 Å². The third-order valence-corrected chi connectivity index (χ3v) is 3.44. The first-order valence-corrected chi connectivity index (χ1v) is 6.19. The Bertz CT molecular complexity index is 378. The SMILES string of the molecule is CC(CCCO)(C(=O)O)c1cccc(I)c1. The molecule has 0 fully saturated rings. The Labute approximate surface area is 109 Å². The zero-order valence-electron chi connectivity index (χ0n) is 9.11. The van der Waals surface area contributed by atoms with Gasteiger partial charge in [0.2, 0.25) is 0 Å². The van der Waals surface area contributed by atoms with E-state index in [9.17, 15) is 9.90 Å². The Balaban J connectivity index is 3.06. The number of hydrogen-bond acceptors (Lipinski definition) is 2. The number of aliphatic carboxylic acids is 1. The predicted molar refractivity (Wildman–Crippen MR) is 70.5 cm³/mol. The Morgan fingerprint density at radius 2 is 2.19 bits per heavy atom. The standard InChI is InChI=1S/C12H15IO3/c1-12(11(15)16,6-3-7-14)9-4-2-5-10(13)8-9/h2,4-5,8,14H,3,6-7H2,1H3,(H,15,16). The molecule has 0 amide bonds. The molecule has 0 bridgehead atoms. The van der Waals surface area contributed by atoms with Gasteiger partial charge in [-0.15, -0.1) is 0 Å². The van der Waals surface area contributed by atoms with Crippen molar-refractivity contribution in [3.8, 4) is 0 Å². The molecule has 0 aliphatic rings. The van der Waals surface area contributed by atoms with E-state index in [0.717, 1.165) is 9.13 Å². The van der Waals surface area contributed by atoms with Crippen LogP contribution in [0.15, 0.2) is 24.3 Å². The zero-order valence-corrected chi connectivity index (χ0v) is 11.3. The van der Waals surface area contributed by atoms with Gasteiger partial charge >= 0.3 is 5.97 Å². The van der Waals surface area contributed by atoms with E-state index >= 15 is 0 Å². The molecule has 0 aliphatic carbocycles. The molecule has 0 spiro atoms. The summed E-state index contributed by atoms with van der Waals surface area (Å²) in [6.45, 7) is 1.73. The molecule has 88 valence electrons. The van der Waals surface area contributed by atoms with Gasteiger partial charge in [0.25, 0.3) is 0 Å². The van der Waals surface area contributed by atoms with Crippen LogP contribution < -0.4 is 0 Å². The second kappa shape index (κ2) is 5.63. The number of hydrogen-bond donors (Lipinski definition) is 2. The number of carbonyl (C=O) groups is 1. The first-order chi connectivity index (χ1) is 7.50. The summed E-state index contributed by atoms with van der Waals surface area (Å²) in [7, 11) is 0. The molecule has 0 heterocycles. The summed E-state index contributed by atoms with van der Waals surface area (Å²) in [5, 5.41) is 18.1. The number of rotatable bonds is 5. The van der Waals surface area contributed by atoms with Gasteiger partial charge in [0, 0.05) is 10.2 Å². The number of carboxylic acids is 1. The molecule has 2 N–H and O–H groups in total. The molecule has 0 aliphatic heterocycles. The topological polar surface area (TPSA) is 57.5 Å². The van der Waals surface area contributed by atoms with Crippen LogP contribution in [0, 0.1) is 3.57 Å². The number of aliphatic hydroxyl groups excluding tert-OH is 1.